The van der Waals surface area contributed by atoms with Crippen molar-refractivity contribution in [2.45, 2.75) is 6.92 Å². The summed E-state index contributed by atoms with van der Waals surface area (Å²) in [5.41, 5.74) is 2.47. The molecule has 17 heavy (non-hydrogen) atoms. The molecule has 0 heterocycles. The van der Waals surface area contributed by atoms with Crippen molar-refractivity contribution in [1.82, 2.24) is 0 Å². The van der Waals surface area contributed by atoms with E-state index in [1.165, 1.54) is 27.1 Å². The third-order valence-electron chi connectivity index (χ3n) is 3.24. The Morgan fingerprint density at radius 1 is 0.706 bits per heavy atom. The van der Waals surface area contributed by atoms with Gasteiger partial charge in [0.25, 0.3) is 0 Å². The summed E-state index contributed by atoms with van der Waals surface area (Å²) >= 11 is 0. The Morgan fingerprint density at radius 3 is 2.06 bits per heavy atom. The van der Waals surface area contributed by atoms with Gasteiger partial charge in [-0.25, -0.2) is 0 Å². The van der Waals surface area contributed by atoms with Gasteiger partial charge in [0.1, 0.15) is 0 Å². The Labute approximate surface area is 101 Å². The van der Waals surface area contributed by atoms with Crippen LogP contribution in [-0.2, 0) is 0 Å². The van der Waals surface area contributed by atoms with E-state index in [1.807, 2.05) is 7.05 Å². The molecule has 1 heteroatoms. The van der Waals surface area contributed by atoms with Gasteiger partial charge in [0.2, 0.25) is 0 Å². The zero-order valence-corrected chi connectivity index (χ0v) is 10.1. The minimum Gasteiger partial charge on any atom is -0.388 e. The zero-order valence-electron chi connectivity index (χ0n) is 10.1. The van der Waals surface area contributed by atoms with Crippen molar-refractivity contribution in [3.63, 3.8) is 0 Å². The van der Waals surface area contributed by atoms with Gasteiger partial charge in [-0.2, -0.15) is 0 Å². The highest BCUT2D eigenvalue weighted by Crippen LogP contribution is 2.25. The van der Waals surface area contributed by atoms with Crippen LogP contribution in [0.1, 0.15) is 5.56 Å². The summed E-state index contributed by atoms with van der Waals surface area (Å²) in [6.45, 7) is 2.13. The van der Waals surface area contributed by atoms with Crippen LogP contribution in [0.5, 0.6) is 0 Å². The van der Waals surface area contributed by atoms with Crippen molar-refractivity contribution < 1.29 is 0 Å². The van der Waals surface area contributed by atoms with Crippen molar-refractivity contribution in [3.05, 3.63) is 54.1 Å². The standard InChI is InChI=1S/C16H15N/c1-11-3-4-12-9-15-10-16(17-2)6-5-13(15)8-14(12)7-11/h3-10,17H,1-2H3. The summed E-state index contributed by atoms with van der Waals surface area (Å²) in [6, 6.07) is 17.6. The van der Waals surface area contributed by atoms with E-state index in [2.05, 4.69) is 60.8 Å². The number of nitrogens with one attached hydrogen (secondary N) is 1. The summed E-state index contributed by atoms with van der Waals surface area (Å²) < 4.78 is 0. The maximum absolute atomic E-state index is 3.18. The zero-order chi connectivity index (χ0) is 11.8. The van der Waals surface area contributed by atoms with E-state index in [-0.39, 0.29) is 0 Å². The minimum atomic E-state index is 1.16. The van der Waals surface area contributed by atoms with Gasteiger partial charge in [0.05, 0.1) is 0 Å². The van der Waals surface area contributed by atoms with Crippen LogP contribution < -0.4 is 5.32 Å². The van der Waals surface area contributed by atoms with E-state index in [0.29, 0.717) is 0 Å². The van der Waals surface area contributed by atoms with Crippen molar-refractivity contribution in [2.24, 2.45) is 0 Å². The number of hydrogen-bond donors (Lipinski definition) is 1. The quantitative estimate of drug-likeness (QED) is 0.603. The highest BCUT2D eigenvalue weighted by Gasteiger charge is 1.99. The lowest BCUT2D eigenvalue weighted by Crippen LogP contribution is -1.87. The van der Waals surface area contributed by atoms with Gasteiger partial charge in [-0.1, -0.05) is 29.8 Å². The molecule has 0 aliphatic heterocycles. The van der Waals surface area contributed by atoms with Crippen molar-refractivity contribution in [1.29, 1.82) is 0 Å². The molecule has 3 aromatic carbocycles. The molecule has 3 rings (SSSR count). The minimum absolute atomic E-state index is 1.16. The molecule has 0 saturated heterocycles. The summed E-state index contributed by atoms with van der Waals surface area (Å²) in [5.74, 6) is 0. The van der Waals surface area contributed by atoms with Crippen LogP contribution in [0.2, 0.25) is 0 Å². The maximum Gasteiger partial charge on any atom is 0.0343 e. The Bertz CT molecular complexity index is 698. The van der Waals surface area contributed by atoms with Crippen molar-refractivity contribution in [2.75, 3.05) is 12.4 Å². The molecule has 0 aliphatic rings. The SMILES string of the molecule is CNc1ccc2cc3cc(C)ccc3cc2c1. The number of rotatable bonds is 1. The molecular formula is C16H15N. The summed E-state index contributed by atoms with van der Waals surface area (Å²) in [5, 5.41) is 8.37. The molecule has 0 spiro atoms. The second-order valence-electron chi connectivity index (χ2n) is 4.51. The summed E-state index contributed by atoms with van der Waals surface area (Å²) in [7, 11) is 1.95. The number of anilines is 1. The molecule has 3 aromatic rings. The third kappa shape index (κ3) is 1.74. The Kier molecular flexibility index (Phi) is 2.25. The maximum atomic E-state index is 3.18. The van der Waals surface area contributed by atoms with Gasteiger partial charge in [0.15, 0.2) is 0 Å². The lowest BCUT2D eigenvalue weighted by molar-refractivity contribution is 1.51. The normalized spacial score (nSPS) is 10.9. The van der Waals surface area contributed by atoms with Crippen LogP contribution >= 0.6 is 0 Å². The van der Waals surface area contributed by atoms with E-state index >= 15 is 0 Å². The number of hydrogen-bond acceptors (Lipinski definition) is 1. The van der Waals surface area contributed by atoms with Crippen LogP contribution in [0.3, 0.4) is 0 Å². The third-order valence-corrected chi connectivity index (χ3v) is 3.24. The summed E-state index contributed by atoms with van der Waals surface area (Å²) in [6.07, 6.45) is 0. The van der Waals surface area contributed by atoms with Gasteiger partial charge in [0, 0.05) is 12.7 Å². The number of benzene rings is 3. The highest BCUT2D eigenvalue weighted by atomic mass is 14.8. The molecule has 84 valence electrons. The largest absolute Gasteiger partial charge is 0.388 e. The Morgan fingerprint density at radius 2 is 1.35 bits per heavy atom. The van der Waals surface area contributed by atoms with Gasteiger partial charge in [-0.15, -0.1) is 0 Å². The lowest BCUT2D eigenvalue weighted by atomic mass is 10.0. The molecular weight excluding hydrogens is 206 g/mol. The van der Waals surface area contributed by atoms with Crippen molar-refractivity contribution in [3.8, 4) is 0 Å². The van der Waals surface area contributed by atoms with E-state index < -0.39 is 0 Å². The second-order valence-corrected chi connectivity index (χ2v) is 4.51. The molecule has 1 nitrogen and oxygen atoms in total. The Hall–Kier alpha value is -2.02. The molecule has 0 radical (unpaired) electrons. The fourth-order valence-corrected chi connectivity index (χ4v) is 2.27. The molecule has 0 amide bonds. The monoisotopic (exact) mass is 221 g/mol. The molecule has 0 atom stereocenters. The fourth-order valence-electron chi connectivity index (χ4n) is 2.27. The van der Waals surface area contributed by atoms with Crippen LogP contribution in [0, 0.1) is 6.92 Å². The predicted molar refractivity (Wildman–Crippen MR) is 75.7 cm³/mol. The van der Waals surface area contributed by atoms with E-state index in [9.17, 15) is 0 Å². The molecule has 0 aromatic heterocycles. The molecule has 0 bridgehead atoms. The van der Waals surface area contributed by atoms with Gasteiger partial charge < -0.3 is 5.32 Å². The number of fused-ring (bicyclic) bond motifs is 2. The smallest absolute Gasteiger partial charge is 0.0343 e. The summed E-state index contributed by atoms with van der Waals surface area (Å²) in [4.78, 5) is 0. The fraction of sp³-hybridized carbons (Fsp3) is 0.125. The van der Waals surface area contributed by atoms with Crippen LogP contribution in [0.25, 0.3) is 21.5 Å². The average Bonchev–Trinajstić information content (AvgIpc) is 2.35. The van der Waals surface area contributed by atoms with E-state index in [4.69, 9.17) is 0 Å². The molecule has 0 aliphatic carbocycles. The van der Waals surface area contributed by atoms with Crippen molar-refractivity contribution >= 4 is 27.2 Å². The topological polar surface area (TPSA) is 12.0 Å². The highest BCUT2D eigenvalue weighted by molar-refractivity contribution is 5.99. The van der Waals surface area contributed by atoms with Crippen LogP contribution in [0.15, 0.2) is 48.5 Å². The molecule has 1 N–H and O–H groups in total. The van der Waals surface area contributed by atoms with Crippen LogP contribution in [0.4, 0.5) is 5.69 Å². The molecule has 0 saturated carbocycles. The Balaban J connectivity index is 2.35. The van der Waals surface area contributed by atoms with Gasteiger partial charge >= 0.3 is 0 Å². The molecule has 0 unspecified atom stereocenters. The number of aryl methyl sites for hydroxylation is 1. The first-order valence-corrected chi connectivity index (χ1v) is 5.88. The average molecular weight is 221 g/mol. The van der Waals surface area contributed by atoms with Gasteiger partial charge in [-0.3, -0.25) is 0 Å². The van der Waals surface area contributed by atoms with Gasteiger partial charge in [-0.05, 0) is 52.7 Å². The second kappa shape index (κ2) is 3.77. The van der Waals surface area contributed by atoms with E-state index in [1.54, 1.807) is 0 Å². The first-order valence-electron chi connectivity index (χ1n) is 5.88. The van der Waals surface area contributed by atoms with Crippen LogP contribution in [-0.4, -0.2) is 7.05 Å². The van der Waals surface area contributed by atoms with E-state index in [0.717, 1.165) is 5.69 Å². The molecule has 0 fully saturated rings. The predicted octanol–water partition coefficient (Wildman–Crippen LogP) is 4.34. The lowest BCUT2D eigenvalue weighted by Gasteiger charge is -2.06. The first kappa shape index (κ1) is 10.2. The first-order chi connectivity index (χ1) is 8.26.